The molecule has 1 rings (SSSR count). The van der Waals surface area contributed by atoms with Crippen LogP contribution in [0, 0.1) is 5.92 Å². The van der Waals surface area contributed by atoms with Gasteiger partial charge in [0, 0.05) is 18.6 Å². The standard InChI is InChI=1S/C15H29N3O2/c1-10(2)7-12(9-17(5)6)16-13-8-14(19)18(11(3)4)15(13)20/h10-13,16H,7-9H2,1-6H3. The van der Waals surface area contributed by atoms with E-state index in [-0.39, 0.29) is 29.9 Å². The quantitative estimate of drug-likeness (QED) is 0.711. The van der Waals surface area contributed by atoms with Gasteiger partial charge in [0.2, 0.25) is 11.8 Å². The van der Waals surface area contributed by atoms with Crippen molar-refractivity contribution >= 4 is 11.8 Å². The summed E-state index contributed by atoms with van der Waals surface area (Å²) in [5.74, 6) is 0.425. The van der Waals surface area contributed by atoms with Gasteiger partial charge in [0.1, 0.15) is 0 Å². The summed E-state index contributed by atoms with van der Waals surface area (Å²) in [6.07, 6.45) is 1.29. The zero-order chi connectivity index (χ0) is 15.4. The van der Waals surface area contributed by atoms with Crippen molar-refractivity contribution in [3.63, 3.8) is 0 Å². The second-order valence-corrected chi connectivity index (χ2v) is 6.71. The van der Waals surface area contributed by atoms with Crippen LogP contribution in [0.1, 0.15) is 40.5 Å². The number of nitrogens with one attached hydrogen (secondary N) is 1. The average Bonchev–Trinajstić information content (AvgIpc) is 2.51. The van der Waals surface area contributed by atoms with Gasteiger partial charge in [0.25, 0.3) is 0 Å². The van der Waals surface area contributed by atoms with Crippen molar-refractivity contribution in [1.29, 1.82) is 0 Å². The molecule has 5 heteroatoms. The minimum Gasteiger partial charge on any atom is -0.308 e. The van der Waals surface area contributed by atoms with Gasteiger partial charge in [-0.15, -0.1) is 0 Å². The molecule has 0 saturated carbocycles. The van der Waals surface area contributed by atoms with Crippen LogP contribution in [0.25, 0.3) is 0 Å². The zero-order valence-electron chi connectivity index (χ0n) is 13.6. The number of likely N-dealkylation sites (tertiary alicyclic amines) is 1. The molecule has 20 heavy (non-hydrogen) atoms. The van der Waals surface area contributed by atoms with Crippen molar-refractivity contribution in [3.05, 3.63) is 0 Å². The van der Waals surface area contributed by atoms with Crippen LogP contribution in [0.2, 0.25) is 0 Å². The van der Waals surface area contributed by atoms with Gasteiger partial charge in [-0.1, -0.05) is 13.8 Å². The molecule has 0 aromatic rings. The lowest BCUT2D eigenvalue weighted by molar-refractivity contribution is -0.140. The maximum atomic E-state index is 12.3. The number of rotatable bonds is 7. The molecule has 2 amide bonds. The van der Waals surface area contributed by atoms with Crippen molar-refractivity contribution in [2.24, 2.45) is 5.92 Å². The number of hydrogen-bond donors (Lipinski definition) is 1. The summed E-state index contributed by atoms with van der Waals surface area (Å²) in [5, 5.41) is 3.39. The van der Waals surface area contributed by atoms with Crippen molar-refractivity contribution in [3.8, 4) is 0 Å². The third kappa shape index (κ3) is 4.56. The van der Waals surface area contributed by atoms with Gasteiger partial charge in [0.15, 0.2) is 0 Å². The Bertz CT molecular complexity index is 343. The molecule has 2 unspecified atom stereocenters. The normalized spacial score (nSPS) is 21.6. The Kier molecular flexibility index (Phi) is 6.14. The molecule has 1 saturated heterocycles. The van der Waals surface area contributed by atoms with E-state index >= 15 is 0 Å². The van der Waals surface area contributed by atoms with Crippen LogP contribution in [0.5, 0.6) is 0 Å². The van der Waals surface area contributed by atoms with Crippen LogP contribution in [0.15, 0.2) is 0 Å². The fourth-order valence-electron chi connectivity index (χ4n) is 2.81. The summed E-state index contributed by atoms with van der Waals surface area (Å²) in [6, 6.07) is -0.174. The third-order valence-electron chi connectivity index (χ3n) is 3.48. The Morgan fingerprint density at radius 1 is 1.25 bits per heavy atom. The summed E-state index contributed by atoms with van der Waals surface area (Å²) < 4.78 is 0. The van der Waals surface area contributed by atoms with Crippen molar-refractivity contribution < 1.29 is 9.59 Å². The predicted octanol–water partition coefficient (Wildman–Crippen LogP) is 1.09. The topological polar surface area (TPSA) is 52.7 Å². The monoisotopic (exact) mass is 283 g/mol. The summed E-state index contributed by atoms with van der Waals surface area (Å²) in [7, 11) is 4.05. The molecule has 0 bridgehead atoms. The Morgan fingerprint density at radius 2 is 1.85 bits per heavy atom. The molecule has 0 aliphatic carbocycles. The molecule has 1 aliphatic heterocycles. The molecule has 0 aromatic carbocycles. The Morgan fingerprint density at radius 3 is 2.25 bits per heavy atom. The Balaban J connectivity index is 2.69. The van der Waals surface area contributed by atoms with E-state index in [2.05, 4.69) is 24.1 Å². The van der Waals surface area contributed by atoms with Crippen molar-refractivity contribution in [2.75, 3.05) is 20.6 Å². The Labute approximate surface area is 122 Å². The van der Waals surface area contributed by atoms with Gasteiger partial charge in [-0.3, -0.25) is 14.5 Å². The number of imide groups is 1. The number of nitrogens with zero attached hydrogens (tertiary/aromatic N) is 2. The average molecular weight is 283 g/mol. The zero-order valence-corrected chi connectivity index (χ0v) is 13.6. The first kappa shape index (κ1) is 17.1. The number of carbonyl (C=O) groups is 2. The molecule has 0 aromatic heterocycles. The molecule has 116 valence electrons. The Hall–Kier alpha value is -0.940. The molecule has 1 heterocycles. The van der Waals surface area contributed by atoms with E-state index in [0.29, 0.717) is 12.3 Å². The molecule has 0 spiro atoms. The van der Waals surface area contributed by atoms with E-state index in [1.165, 1.54) is 4.90 Å². The van der Waals surface area contributed by atoms with Crippen molar-refractivity contribution in [1.82, 2.24) is 15.1 Å². The highest BCUT2D eigenvalue weighted by Gasteiger charge is 2.40. The molecule has 1 aliphatic rings. The van der Waals surface area contributed by atoms with Gasteiger partial charge in [0.05, 0.1) is 12.5 Å². The van der Waals surface area contributed by atoms with Crippen molar-refractivity contribution in [2.45, 2.75) is 58.7 Å². The first-order chi connectivity index (χ1) is 9.22. The van der Waals surface area contributed by atoms with Crippen LogP contribution in [0.4, 0.5) is 0 Å². The van der Waals surface area contributed by atoms with E-state index in [9.17, 15) is 9.59 Å². The van der Waals surface area contributed by atoms with Crippen LogP contribution >= 0.6 is 0 Å². The second kappa shape index (κ2) is 7.18. The van der Waals surface area contributed by atoms with Crippen LogP contribution in [-0.4, -0.2) is 60.4 Å². The summed E-state index contributed by atoms with van der Waals surface area (Å²) in [6.45, 7) is 8.98. The van der Waals surface area contributed by atoms with E-state index < -0.39 is 0 Å². The maximum Gasteiger partial charge on any atom is 0.247 e. The molecular formula is C15H29N3O2. The smallest absolute Gasteiger partial charge is 0.247 e. The molecule has 2 atom stereocenters. The number of amides is 2. The van der Waals surface area contributed by atoms with Gasteiger partial charge >= 0.3 is 0 Å². The maximum absolute atomic E-state index is 12.3. The van der Waals surface area contributed by atoms with E-state index in [1.54, 1.807) is 0 Å². The first-order valence-electron chi connectivity index (χ1n) is 7.49. The highest BCUT2D eigenvalue weighted by Crippen LogP contribution is 2.18. The van der Waals surface area contributed by atoms with E-state index in [0.717, 1.165) is 13.0 Å². The number of likely N-dealkylation sites (N-methyl/N-ethyl adjacent to an activating group) is 1. The lowest BCUT2D eigenvalue weighted by Crippen LogP contribution is -2.48. The number of hydrogen-bond acceptors (Lipinski definition) is 4. The SMILES string of the molecule is CC(C)CC(CN(C)C)NC1CC(=O)N(C(C)C)C1=O. The van der Waals surface area contributed by atoms with Crippen LogP contribution < -0.4 is 5.32 Å². The second-order valence-electron chi connectivity index (χ2n) is 6.71. The molecular weight excluding hydrogens is 254 g/mol. The largest absolute Gasteiger partial charge is 0.308 e. The fraction of sp³-hybridized carbons (Fsp3) is 0.867. The van der Waals surface area contributed by atoms with Crippen LogP contribution in [-0.2, 0) is 9.59 Å². The summed E-state index contributed by atoms with van der Waals surface area (Å²) >= 11 is 0. The van der Waals surface area contributed by atoms with Gasteiger partial charge in [-0.05, 0) is 40.3 Å². The van der Waals surface area contributed by atoms with Gasteiger partial charge in [-0.25, -0.2) is 0 Å². The lowest BCUT2D eigenvalue weighted by atomic mass is 10.0. The number of carbonyl (C=O) groups excluding carboxylic acids is 2. The molecule has 0 radical (unpaired) electrons. The summed E-state index contributed by atoms with van der Waals surface area (Å²) in [5.41, 5.74) is 0. The van der Waals surface area contributed by atoms with Gasteiger partial charge in [-0.2, -0.15) is 0 Å². The third-order valence-corrected chi connectivity index (χ3v) is 3.48. The molecule has 1 fully saturated rings. The summed E-state index contributed by atoms with van der Waals surface area (Å²) in [4.78, 5) is 27.7. The predicted molar refractivity (Wildman–Crippen MR) is 80.3 cm³/mol. The minimum atomic E-state index is -0.353. The highest BCUT2D eigenvalue weighted by atomic mass is 16.2. The minimum absolute atomic E-state index is 0.0563. The van der Waals surface area contributed by atoms with E-state index in [1.807, 2.05) is 27.9 Å². The first-order valence-corrected chi connectivity index (χ1v) is 7.49. The fourth-order valence-corrected chi connectivity index (χ4v) is 2.81. The highest BCUT2D eigenvalue weighted by molar-refractivity contribution is 6.05. The molecule has 5 nitrogen and oxygen atoms in total. The van der Waals surface area contributed by atoms with Gasteiger partial charge < -0.3 is 10.2 Å². The van der Waals surface area contributed by atoms with Crippen LogP contribution in [0.3, 0.4) is 0 Å². The lowest BCUT2D eigenvalue weighted by Gasteiger charge is -2.27. The van der Waals surface area contributed by atoms with E-state index in [4.69, 9.17) is 0 Å². The molecule has 1 N–H and O–H groups in total.